The molecule has 186 valence electrons. The summed E-state index contributed by atoms with van der Waals surface area (Å²) >= 11 is 1.59. The molecule has 8 heteroatoms. The van der Waals surface area contributed by atoms with E-state index in [1.807, 2.05) is 30.5 Å². The van der Waals surface area contributed by atoms with Crippen LogP contribution >= 0.6 is 11.8 Å². The Labute approximate surface area is 210 Å². The van der Waals surface area contributed by atoms with E-state index in [4.69, 9.17) is 4.74 Å². The molecule has 1 saturated carbocycles. The Morgan fingerprint density at radius 2 is 1.71 bits per heavy atom. The second-order valence-electron chi connectivity index (χ2n) is 9.21. The number of ether oxygens (including phenoxy) is 1. The summed E-state index contributed by atoms with van der Waals surface area (Å²) in [6, 6.07) is 15.3. The molecule has 0 bridgehead atoms. The summed E-state index contributed by atoms with van der Waals surface area (Å²) in [4.78, 5) is 37.1. The zero-order valence-electron chi connectivity index (χ0n) is 19.9. The standard InChI is InChI=1S/C27H32N2O5S/c1-35-14-13-24(25(30)28-18-8-6-7-17(15-18)26(31)32)29-27(33)34-16-23-21-11-4-2-9-19(21)20-10-3-5-12-22(20)23/h2-5,9-12,17-18,23-24H,6-8,13-16H2,1H3,(H,28,30)(H,29,33)(H,31,32)/t17-,18-,24+/m1/s1. The Morgan fingerprint density at radius 1 is 1.06 bits per heavy atom. The van der Waals surface area contributed by atoms with Gasteiger partial charge in [-0.05, 0) is 59.9 Å². The molecule has 1 fully saturated rings. The molecule has 0 radical (unpaired) electrons. The Kier molecular flexibility index (Phi) is 8.33. The van der Waals surface area contributed by atoms with Crippen LogP contribution in [-0.2, 0) is 14.3 Å². The molecule has 3 atom stereocenters. The zero-order chi connectivity index (χ0) is 24.8. The number of amides is 2. The molecule has 2 aliphatic rings. The first-order valence-electron chi connectivity index (χ1n) is 12.1. The number of alkyl carbamates (subject to hydrolysis) is 1. The summed E-state index contributed by atoms with van der Waals surface area (Å²) in [5.41, 5.74) is 4.56. The van der Waals surface area contributed by atoms with Gasteiger partial charge >= 0.3 is 12.1 Å². The smallest absolute Gasteiger partial charge is 0.407 e. The van der Waals surface area contributed by atoms with E-state index in [-0.39, 0.29) is 24.5 Å². The number of carbonyl (C=O) groups is 3. The molecule has 0 saturated heterocycles. The monoisotopic (exact) mass is 496 g/mol. The van der Waals surface area contributed by atoms with Crippen LogP contribution in [0.3, 0.4) is 0 Å². The van der Waals surface area contributed by atoms with Crippen molar-refractivity contribution in [1.29, 1.82) is 0 Å². The molecule has 0 aliphatic heterocycles. The van der Waals surface area contributed by atoms with Gasteiger partial charge in [-0.1, -0.05) is 55.0 Å². The minimum absolute atomic E-state index is 0.0539. The number of carboxylic acid groups (broad SMARTS) is 1. The normalized spacial score (nSPS) is 19.8. The third-order valence-corrected chi connectivity index (χ3v) is 7.58. The van der Waals surface area contributed by atoms with Gasteiger partial charge in [-0.15, -0.1) is 0 Å². The van der Waals surface area contributed by atoms with E-state index in [0.29, 0.717) is 25.0 Å². The lowest BCUT2D eigenvalue weighted by atomic mass is 9.85. The van der Waals surface area contributed by atoms with Gasteiger partial charge in [-0.25, -0.2) is 4.79 Å². The Balaban J connectivity index is 1.36. The summed E-state index contributed by atoms with van der Waals surface area (Å²) in [6.07, 6.45) is 4.34. The van der Waals surface area contributed by atoms with Crippen LogP contribution in [-0.4, -0.2) is 53.8 Å². The van der Waals surface area contributed by atoms with Gasteiger partial charge < -0.3 is 20.5 Å². The number of hydrogen-bond donors (Lipinski definition) is 3. The van der Waals surface area contributed by atoms with E-state index in [0.717, 1.165) is 35.1 Å². The summed E-state index contributed by atoms with van der Waals surface area (Å²) < 4.78 is 5.62. The summed E-state index contributed by atoms with van der Waals surface area (Å²) in [5, 5.41) is 15.0. The van der Waals surface area contributed by atoms with E-state index in [1.54, 1.807) is 11.8 Å². The van der Waals surface area contributed by atoms with Gasteiger partial charge in [0.2, 0.25) is 5.91 Å². The van der Waals surface area contributed by atoms with Crippen LogP contribution in [0.1, 0.15) is 49.1 Å². The number of benzene rings is 2. The quantitative estimate of drug-likeness (QED) is 0.475. The third kappa shape index (κ3) is 5.99. The molecule has 0 unspecified atom stereocenters. The SMILES string of the molecule is CSCC[C@H](NC(=O)OCC1c2ccccc2-c2ccccc21)C(=O)N[C@@H]1CCC[C@@H](C(=O)O)C1. The topological polar surface area (TPSA) is 105 Å². The van der Waals surface area contributed by atoms with E-state index in [9.17, 15) is 19.5 Å². The summed E-state index contributed by atoms with van der Waals surface area (Å²) in [6.45, 7) is 0.180. The fourth-order valence-corrected chi connectivity index (χ4v) is 5.61. The lowest BCUT2D eigenvalue weighted by Gasteiger charge is -2.29. The van der Waals surface area contributed by atoms with Crippen molar-refractivity contribution in [2.45, 2.75) is 50.1 Å². The van der Waals surface area contributed by atoms with Crippen molar-refractivity contribution in [1.82, 2.24) is 10.6 Å². The van der Waals surface area contributed by atoms with Crippen LogP contribution < -0.4 is 10.6 Å². The number of thioether (sulfide) groups is 1. The Hall–Kier alpha value is -3.00. The average Bonchev–Trinajstić information content (AvgIpc) is 3.19. The zero-order valence-corrected chi connectivity index (χ0v) is 20.7. The van der Waals surface area contributed by atoms with Crippen molar-refractivity contribution in [3.8, 4) is 11.1 Å². The lowest BCUT2D eigenvalue weighted by Crippen LogP contribution is -2.51. The summed E-state index contributed by atoms with van der Waals surface area (Å²) in [5.74, 6) is -0.900. The van der Waals surface area contributed by atoms with Crippen LogP contribution in [0, 0.1) is 5.92 Å². The van der Waals surface area contributed by atoms with E-state index >= 15 is 0 Å². The maximum absolute atomic E-state index is 13.0. The second-order valence-corrected chi connectivity index (χ2v) is 10.2. The summed E-state index contributed by atoms with van der Waals surface area (Å²) in [7, 11) is 0. The molecule has 2 aliphatic carbocycles. The van der Waals surface area contributed by atoms with Gasteiger partial charge in [0.15, 0.2) is 0 Å². The maximum atomic E-state index is 13.0. The van der Waals surface area contributed by atoms with Crippen molar-refractivity contribution in [2.75, 3.05) is 18.6 Å². The maximum Gasteiger partial charge on any atom is 0.407 e. The van der Waals surface area contributed by atoms with Crippen molar-refractivity contribution in [3.63, 3.8) is 0 Å². The molecular weight excluding hydrogens is 464 g/mol. The van der Waals surface area contributed by atoms with Gasteiger partial charge in [0.25, 0.3) is 0 Å². The number of aliphatic carboxylic acids is 1. The highest BCUT2D eigenvalue weighted by Gasteiger charge is 2.32. The Morgan fingerprint density at radius 3 is 2.34 bits per heavy atom. The van der Waals surface area contributed by atoms with Crippen LogP contribution in [0.5, 0.6) is 0 Å². The highest BCUT2D eigenvalue weighted by Crippen LogP contribution is 2.44. The fraction of sp³-hybridized carbons (Fsp3) is 0.444. The molecule has 0 heterocycles. The minimum atomic E-state index is -0.820. The first-order valence-corrected chi connectivity index (χ1v) is 13.5. The minimum Gasteiger partial charge on any atom is -0.481 e. The van der Waals surface area contributed by atoms with Crippen LogP contribution in [0.25, 0.3) is 11.1 Å². The molecule has 2 aromatic rings. The number of fused-ring (bicyclic) bond motifs is 3. The van der Waals surface area contributed by atoms with Gasteiger partial charge in [0.1, 0.15) is 12.6 Å². The van der Waals surface area contributed by atoms with Crippen molar-refractivity contribution < 1.29 is 24.2 Å². The number of nitrogens with one attached hydrogen (secondary N) is 2. The Bertz CT molecular complexity index is 1030. The first-order chi connectivity index (χ1) is 17.0. The largest absolute Gasteiger partial charge is 0.481 e. The van der Waals surface area contributed by atoms with Crippen LogP contribution in [0.2, 0.25) is 0 Å². The molecule has 2 aromatic carbocycles. The molecule has 2 amide bonds. The van der Waals surface area contributed by atoms with Gasteiger partial charge in [0.05, 0.1) is 5.92 Å². The first kappa shape index (κ1) is 25.1. The highest BCUT2D eigenvalue weighted by molar-refractivity contribution is 7.98. The predicted molar refractivity (Wildman–Crippen MR) is 137 cm³/mol. The van der Waals surface area contributed by atoms with E-state index in [2.05, 4.69) is 34.9 Å². The molecule has 4 rings (SSSR count). The van der Waals surface area contributed by atoms with E-state index in [1.165, 1.54) is 0 Å². The van der Waals surface area contributed by atoms with E-state index < -0.39 is 24.0 Å². The van der Waals surface area contributed by atoms with Crippen molar-refractivity contribution in [2.24, 2.45) is 5.92 Å². The van der Waals surface area contributed by atoms with Crippen molar-refractivity contribution in [3.05, 3.63) is 59.7 Å². The fourth-order valence-electron chi connectivity index (χ4n) is 5.13. The molecule has 35 heavy (non-hydrogen) atoms. The molecular formula is C27H32N2O5S. The number of rotatable bonds is 9. The molecule has 3 N–H and O–H groups in total. The second kappa shape index (κ2) is 11.6. The van der Waals surface area contributed by atoms with Gasteiger partial charge in [-0.2, -0.15) is 11.8 Å². The van der Waals surface area contributed by atoms with Crippen LogP contribution in [0.15, 0.2) is 48.5 Å². The number of carbonyl (C=O) groups excluding carboxylic acids is 2. The number of carboxylic acids is 1. The van der Waals surface area contributed by atoms with Gasteiger partial charge in [-0.3, -0.25) is 9.59 Å². The average molecular weight is 497 g/mol. The van der Waals surface area contributed by atoms with Gasteiger partial charge in [0, 0.05) is 12.0 Å². The highest BCUT2D eigenvalue weighted by atomic mass is 32.2. The number of hydrogen-bond acceptors (Lipinski definition) is 5. The third-order valence-electron chi connectivity index (χ3n) is 6.93. The molecule has 0 aromatic heterocycles. The van der Waals surface area contributed by atoms with Crippen molar-refractivity contribution >= 4 is 29.7 Å². The lowest BCUT2D eigenvalue weighted by molar-refractivity contribution is -0.143. The predicted octanol–water partition coefficient (Wildman–Crippen LogP) is 4.41. The molecule has 7 nitrogen and oxygen atoms in total. The molecule has 0 spiro atoms. The van der Waals surface area contributed by atoms with Crippen LogP contribution in [0.4, 0.5) is 4.79 Å².